The van der Waals surface area contributed by atoms with E-state index in [1.165, 1.54) is 131 Å². The Morgan fingerprint density at radius 2 is 0.672 bits per heavy atom. The summed E-state index contributed by atoms with van der Waals surface area (Å²) in [5.74, 6) is 0. The molecule has 13 aromatic rings. The lowest BCUT2D eigenvalue weighted by Gasteiger charge is -2.35. The predicted octanol–water partition coefficient (Wildman–Crippen LogP) is 18.0. The minimum absolute atomic E-state index is 0.564. The van der Waals surface area contributed by atoms with E-state index in [-0.39, 0.29) is 0 Å². The van der Waals surface area contributed by atoms with E-state index in [9.17, 15) is 0 Å². The van der Waals surface area contributed by atoms with Gasteiger partial charge in [-0.2, -0.15) is 0 Å². The van der Waals surface area contributed by atoms with Crippen LogP contribution in [-0.2, 0) is 5.41 Å². The van der Waals surface area contributed by atoms with E-state index in [1.807, 2.05) is 0 Å². The molecule has 0 aromatic heterocycles. The van der Waals surface area contributed by atoms with Crippen molar-refractivity contribution in [1.29, 1.82) is 0 Å². The van der Waals surface area contributed by atoms with Crippen LogP contribution in [0.5, 0.6) is 0 Å². The van der Waals surface area contributed by atoms with Gasteiger partial charge in [0.2, 0.25) is 0 Å². The van der Waals surface area contributed by atoms with Crippen LogP contribution in [0, 0.1) is 0 Å². The van der Waals surface area contributed by atoms with Gasteiger partial charge >= 0.3 is 0 Å². The number of fused-ring (bicyclic) bond motifs is 12. The fourth-order valence-electron chi connectivity index (χ4n) is 12.1. The lowest BCUT2D eigenvalue weighted by atomic mass is 9.66. The van der Waals surface area contributed by atoms with E-state index in [4.69, 9.17) is 0 Å². The van der Waals surface area contributed by atoms with Crippen molar-refractivity contribution in [1.82, 2.24) is 0 Å². The Labute approximate surface area is 389 Å². The summed E-state index contributed by atoms with van der Waals surface area (Å²) in [7, 11) is 0. The van der Waals surface area contributed by atoms with Gasteiger partial charge in [-0.05, 0) is 150 Å². The quantitative estimate of drug-likeness (QED) is 0.120. The molecule has 0 nitrogen and oxygen atoms in total. The van der Waals surface area contributed by atoms with E-state index in [0.717, 1.165) is 0 Å². The normalized spacial score (nSPS) is 12.9. The molecule has 0 atom stereocenters. The summed E-state index contributed by atoms with van der Waals surface area (Å²) in [6.07, 6.45) is 0. The van der Waals surface area contributed by atoms with E-state index in [2.05, 4.69) is 255 Å². The first-order valence-corrected chi connectivity index (χ1v) is 23.4. The van der Waals surface area contributed by atoms with Crippen molar-refractivity contribution in [2.24, 2.45) is 0 Å². The number of hydrogen-bond acceptors (Lipinski definition) is 0. The maximum atomic E-state index is 2.54. The Kier molecular flexibility index (Phi) is 8.30. The third-order valence-electron chi connectivity index (χ3n) is 14.9. The second kappa shape index (κ2) is 14.7. The number of benzene rings is 13. The highest BCUT2D eigenvalue weighted by atomic mass is 14.5. The molecule has 67 heavy (non-hydrogen) atoms. The van der Waals surface area contributed by atoms with Crippen LogP contribution < -0.4 is 0 Å². The molecular formula is C67H42. The molecule has 1 aliphatic carbocycles. The van der Waals surface area contributed by atoms with Gasteiger partial charge in [0.15, 0.2) is 0 Å². The third-order valence-corrected chi connectivity index (χ3v) is 14.9. The van der Waals surface area contributed by atoms with Crippen molar-refractivity contribution >= 4 is 64.6 Å². The fourth-order valence-corrected chi connectivity index (χ4v) is 12.1. The molecular weight excluding hydrogens is 805 g/mol. The lowest BCUT2D eigenvalue weighted by Crippen LogP contribution is -2.28. The van der Waals surface area contributed by atoms with Crippen molar-refractivity contribution in [3.63, 3.8) is 0 Å². The third kappa shape index (κ3) is 5.48. The monoisotopic (exact) mass is 846 g/mol. The van der Waals surface area contributed by atoms with Gasteiger partial charge in [-0.3, -0.25) is 0 Å². The van der Waals surface area contributed by atoms with Crippen LogP contribution >= 0.6 is 0 Å². The van der Waals surface area contributed by atoms with Gasteiger partial charge in [-0.1, -0.05) is 237 Å². The van der Waals surface area contributed by atoms with Gasteiger partial charge in [0.25, 0.3) is 0 Å². The van der Waals surface area contributed by atoms with E-state index >= 15 is 0 Å². The van der Waals surface area contributed by atoms with E-state index < -0.39 is 5.41 Å². The molecule has 0 heteroatoms. The maximum Gasteiger partial charge on any atom is 0.0720 e. The zero-order valence-corrected chi connectivity index (χ0v) is 36.7. The van der Waals surface area contributed by atoms with Gasteiger partial charge in [-0.25, -0.2) is 0 Å². The van der Waals surface area contributed by atoms with Crippen LogP contribution in [0.15, 0.2) is 255 Å². The molecule has 1 aliphatic rings. The predicted molar refractivity (Wildman–Crippen MR) is 285 cm³/mol. The molecule has 310 valence electrons. The van der Waals surface area contributed by atoms with Gasteiger partial charge < -0.3 is 0 Å². The van der Waals surface area contributed by atoms with Crippen LogP contribution in [0.3, 0.4) is 0 Å². The van der Waals surface area contributed by atoms with Crippen LogP contribution in [0.25, 0.3) is 109 Å². The average molecular weight is 847 g/mol. The van der Waals surface area contributed by atoms with Crippen LogP contribution in [-0.4, -0.2) is 0 Å². The minimum Gasteiger partial charge on any atom is -0.0622 e. The van der Waals surface area contributed by atoms with Gasteiger partial charge in [0.1, 0.15) is 0 Å². The Hall–Kier alpha value is -8.58. The summed E-state index contributed by atoms with van der Waals surface area (Å²) in [4.78, 5) is 0. The summed E-state index contributed by atoms with van der Waals surface area (Å²) in [5.41, 5.74) is 14.8. The molecule has 0 saturated heterocycles. The zero-order valence-electron chi connectivity index (χ0n) is 36.7. The first-order chi connectivity index (χ1) is 33.3. The van der Waals surface area contributed by atoms with E-state index in [1.54, 1.807) is 0 Å². The summed E-state index contributed by atoms with van der Waals surface area (Å²) < 4.78 is 0. The molecule has 0 amide bonds. The highest BCUT2D eigenvalue weighted by Gasteiger charge is 2.48. The van der Waals surface area contributed by atoms with Crippen molar-refractivity contribution < 1.29 is 0 Å². The van der Waals surface area contributed by atoms with Crippen molar-refractivity contribution in [3.8, 4) is 44.5 Å². The number of rotatable bonds is 5. The van der Waals surface area contributed by atoms with Crippen molar-refractivity contribution in [3.05, 3.63) is 277 Å². The molecule has 0 fully saturated rings. The van der Waals surface area contributed by atoms with E-state index in [0.29, 0.717) is 0 Å². The topological polar surface area (TPSA) is 0 Å². The Bertz CT molecular complexity index is 4020. The largest absolute Gasteiger partial charge is 0.0720 e. The summed E-state index contributed by atoms with van der Waals surface area (Å²) in [6.45, 7) is 0. The SMILES string of the molecule is c1ccc(C2(c3ccccc3)c3cc4cc(-c5c6ccccc6c(-c6ccc(-c7cccc8ccccc78)cc6)c6ccccc56)ccc4cc3-c3c2c2ccccc2c2ccccc32)cc1. The second-order valence-corrected chi connectivity index (χ2v) is 18.2. The average Bonchev–Trinajstić information content (AvgIpc) is 3.70. The molecule has 0 radical (unpaired) electrons. The summed E-state index contributed by atoms with van der Waals surface area (Å²) in [6, 6.07) is 95.3. The molecule has 0 aliphatic heterocycles. The molecule has 0 N–H and O–H groups in total. The maximum absolute atomic E-state index is 2.54. The fraction of sp³-hybridized carbons (Fsp3) is 0.0149. The molecule has 13 aromatic carbocycles. The second-order valence-electron chi connectivity index (χ2n) is 18.2. The molecule has 0 saturated carbocycles. The van der Waals surface area contributed by atoms with Crippen LogP contribution in [0.2, 0.25) is 0 Å². The van der Waals surface area contributed by atoms with Crippen LogP contribution in [0.4, 0.5) is 0 Å². The van der Waals surface area contributed by atoms with Crippen molar-refractivity contribution in [2.75, 3.05) is 0 Å². The van der Waals surface area contributed by atoms with Gasteiger partial charge in [0.05, 0.1) is 5.41 Å². The Balaban J connectivity index is 1.01. The molecule has 0 unspecified atom stereocenters. The first-order valence-electron chi connectivity index (χ1n) is 23.4. The Morgan fingerprint density at radius 3 is 1.28 bits per heavy atom. The molecule has 14 rings (SSSR count). The molecule has 0 bridgehead atoms. The van der Waals surface area contributed by atoms with Crippen LogP contribution in [0.1, 0.15) is 22.3 Å². The summed E-state index contributed by atoms with van der Waals surface area (Å²) in [5, 5.41) is 15.2. The molecule has 0 spiro atoms. The number of hydrogen-bond donors (Lipinski definition) is 0. The van der Waals surface area contributed by atoms with Gasteiger partial charge in [0, 0.05) is 0 Å². The standard InChI is InChI=1S/C67H42/c1-3-20-49(21-4-1)67(50-22-5-2-6-23-50)62-42-48-40-47(39-38-46(48)41-61(62)65-55-27-11-9-25-53(55)54-26-10-16-32-60(54)66(65)67)64-58-30-14-12-28-56(58)63(57-29-13-15-31-59(57)64)45-36-34-44(35-37-45)52-33-17-19-43-18-7-8-24-51(43)52/h1-42H. The Morgan fingerprint density at radius 1 is 0.224 bits per heavy atom. The highest BCUT2D eigenvalue weighted by Crippen LogP contribution is 2.61. The zero-order chi connectivity index (χ0) is 44.1. The summed E-state index contributed by atoms with van der Waals surface area (Å²) >= 11 is 0. The van der Waals surface area contributed by atoms with Crippen molar-refractivity contribution in [2.45, 2.75) is 5.41 Å². The lowest BCUT2D eigenvalue weighted by molar-refractivity contribution is 0.777. The minimum atomic E-state index is -0.564. The first kappa shape index (κ1) is 37.8. The molecule has 0 heterocycles. The smallest absolute Gasteiger partial charge is 0.0622 e. The van der Waals surface area contributed by atoms with Gasteiger partial charge in [-0.15, -0.1) is 0 Å². The highest BCUT2D eigenvalue weighted by molar-refractivity contribution is 6.23.